The second-order valence-corrected chi connectivity index (χ2v) is 7.05. The van der Waals surface area contributed by atoms with Gasteiger partial charge in [0.1, 0.15) is 5.82 Å². The number of halogens is 1. The van der Waals surface area contributed by atoms with Crippen molar-refractivity contribution < 1.29 is 14.2 Å². The fourth-order valence-electron chi connectivity index (χ4n) is 3.61. The molecule has 1 N–H and O–H groups in total. The van der Waals surface area contributed by atoms with Crippen molar-refractivity contribution in [1.82, 2.24) is 9.78 Å². The molecule has 146 valence electrons. The highest BCUT2D eigenvalue weighted by atomic mass is 35.5. The maximum atomic E-state index is 6.25. The van der Waals surface area contributed by atoms with Gasteiger partial charge in [-0.1, -0.05) is 17.7 Å². The summed E-state index contributed by atoms with van der Waals surface area (Å²) in [7, 11) is 4.82. The van der Waals surface area contributed by atoms with Crippen molar-refractivity contribution in [2.45, 2.75) is 13.3 Å². The highest BCUT2D eigenvalue weighted by Crippen LogP contribution is 2.43. The fraction of sp³-hybridized carbons (Fsp3) is 0.286. The number of methoxy groups -OCH3 is 3. The number of hydrogen-bond acceptors (Lipinski definition) is 5. The smallest absolute Gasteiger partial charge is 0.203 e. The summed E-state index contributed by atoms with van der Waals surface area (Å²) >= 11 is 6.25. The molecule has 2 aromatic carbocycles. The van der Waals surface area contributed by atoms with E-state index in [9.17, 15) is 0 Å². The van der Waals surface area contributed by atoms with E-state index in [-0.39, 0.29) is 0 Å². The number of aromatic nitrogens is 2. The highest BCUT2D eigenvalue weighted by Gasteiger charge is 2.26. The van der Waals surface area contributed by atoms with Crippen LogP contribution in [-0.2, 0) is 6.42 Å². The van der Waals surface area contributed by atoms with Gasteiger partial charge in [-0.15, -0.1) is 0 Å². The third-order valence-corrected chi connectivity index (χ3v) is 5.22. The molecule has 6 nitrogen and oxygen atoms in total. The molecular formula is C21H22ClN3O3. The van der Waals surface area contributed by atoms with E-state index < -0.39 is 0 Å². The molecule has 0 amide bonds. The zero-order chi connectivity index (χ0) is 19.8. The first-order valence-electron chi connectivity index (χ1n) is 9.00. The van der Waals surface area contributed by atoms with Gasteiger partial charge >= 0.3 is 0 Å². The van der Waals surface area contributed by atoms with Gasteiger partial charge in [0.25, 0.3) is 0 Å². The van der Waals surface area contributed by atoms with E-state index in [0.29, 0.717) is 22.3 Å². The lowest BCUT2D eigenvalue weighted by Gasteiger charge is -2.14. The Morgan fingerprint density at radius 2 is 1.75 bits per heavy atom. The number of nitrogens with zero attached hydrogens (tertiary/aromatic N) is 2. The third kappa shape index (κ3) is 2.94. The van der Waals surface area contributed by atoms with E-state index in [1.54, 1.807) is 21.3 Å². The first kappa shape index (κ1) is 18.5. The molecule has 7 heteroatoms. The van der Waals surface area contributed by atoms with E-state index in [4.69, 9.17) is 30.9 Å². The molecule has 0 atom stereocenters. The predicted octanol–water partition coefficient (Wildman–Crippen LogP) is 4.49. The molecule has 0 radical (unpaired) electrons. The van der Waals surface area contributed by atoms with Gasteiger partial charge < -0.3 is 19.5 Å². The molecule has 0 saturated carbocycles. The molecule has 4 rings (SSSR count). The zero-order valence-corrected chi connectivity index (χ0v) is 17.1. The second kappa shape index (κ2) is 7.28. The van der Waals surface area contributed by atoms with Crippen LogP contribution < -0.4 is 19.5 Å². The van der Waals surface area contributed by atoms with Gasteiger partial charge in [-0.25, -0.2) is 4.68 Å². The number of ether oxygens (including phenoxy) is 3. The first-order valence-corrected chi connectivity index (χ1v) is 9.37. The molecule has 3 aromatic rings. The number of hydrogen-bond donors (Lipinski definition) is 1. The minimum absolute atomic E-state index is 0.564. The standard InChI is InChI=1S/C21H22ClN3O3/c1-12-5-6-14(22)11-16(12)25-21-15(7-8-23-21)19(24-25)13-9-17(26-2)20(28-4)18(10-13)27-3/h5-6,9-11,23H,7-8H2,1-4H3. The molecule has 1 aliphatic rings. The highest BCUT2D eigenvalue weighted by molar-refractivity contribution is 6.30. The van der Waals surface area contributed by atoms with Crippen molar-refractivity contribution in [3.05, 3.63) is 46.5 Å². The van der Waals surface area contributed by atoms with Gasteiger partial charge in [-0.3, -0.25) is 0 Å². The topological polar surface area (TPSA) is 57.5 Å². The van der Waals surface area contributed by atoms with Crippen LogP contribution in [0, 0.1) is 6.92 Å². The van der Waals surface area contributed by atoms with Gasteiger partial charge in [0.05, 0.1) is 32.7 Å². The summed E-state index contributed by atoms with van der Waals surface area (Å²) in [6.07, 6.45) is 0.890. The maximum Gasteiger partial charge on any atom is 0.203 e. The first-order chi connectivity index (χ1) is 13.6. The van der Waals surface area contributed by atoms with Crippen LogP contribution in [0.5, 0.6) is 17.2 Å². The maximum absolute atomic E-state index is 6.25. The summed E-state index contributed by atoms with van der Waals surface area (Å²) in [5.74, 6) is 2.76. The molecule has 0 saturated heterocycles. The molecule has 0 bridgehead atoms. The Morgan fingerprint density at radius 3 is 2.39 bits per heavy atom. The normalized spacial score (nSPS) is 12.5. The minimum Gasteiger partial charge on any atom is -0.493 e. The molecule has 0 aliphatic carbocycles. The Labute approximate surface area is 169 Å². The van der Waals surface area contributed by atoms with Crippen molar-refractivity contribution in [3.8, 4) is 34.2 Å². The molecule has 1 aromatic heterocycles. The van der Waals surface area contributed by atoms with E-state index >= 15 is 0 Å². The minimum atomic E-state index is 0.564. The summed E-state index contributed by atoms with van der Waals surface area (Å²) in [6, 6.07) is 9.68. The Balaban J connectivity index is 1.92. The number of nitrogens with one attached hydrogen (secondary N) is 1. The Bertz CT molecular complexity index is 1020. The fourth-order valence-corrected chi connectivity index (χ4v) is 3.78. The Morgan fingerprint density at radius 1 is 1.04 bits per heavy atom. The lowest BCUT2D eigenvalue weighted by atomic mass is 10.1. The van der Waals surface area contributed by atoms with Crippen molar-refractivity contribution in [3.63, 3.8) is 0 Å². The summed E-state index contributed by atoms with van der Waals surface area (Å²) in [4.78, 5) is 0. The Hall–Kier alpha value is -2.86. The zero-order valence-electron chi connectivity index (χ0n) is 16.3. The van der Waals surface area contributed by atoms with Crippen LogP contribution in [0.3, 0.4) is 0 Å². The quantitative estimate of drug-likeness (QED) is 0.684. The van der Waals surface area contributed by atoms with Crippen LogP contribution in [0.15, 0.2) is 30.3 Å². The average Bonchev–Trinajstić information content (AvgIpc) is 3.31. The van der Waals surface area contributed by atoms with Crippen LogP contribution in [0.2, 0.25) is 5.02 Å². The molecule has 0 fully saturated rings. The molecular weight excluding hydrogens is 378 g/mol. The largest absolute Gasteiger partial charge is 0.493 e. The number of rotatable bonds is 5. The SMILES string of the molecule is COc1cc(-c2nn(-c3cc(Cl)ccc3C)c3c2CCN3)cc(OC)c1OC. The van der Waals surface area contributed by atoms with Crippen molar-refractivity contribution in [2.75, 3.05) is 33.2 Å². The summed E-state index contributed by atoms with van der Waals surface area (Å²) < 4.78 is 18.4. The number of fused-ring (bicyclic) bond motifs is 1. The van der Waals surface area contributed by atoms with Crippen LogP contribution in [0.4, 0.5) is 5.82 Å². The molecule has 1 aliphatic heterocycles. The lowest BCUT2D eigenvalue weighted by Crippen LogP contribution is -2.05. The molecule has 28 heavy (non-hydrogen) atoms. The van der Waals surface area contributed by atoms with Gasteiger partial charge in [0.2, 0.25) is 5.75 Å². The average molecular weight is 400 g/mol. The van der Waals surface area contributed by atoms with Crippen molar-refractivity contribution >= 4 is 17.4 Å². The Kier molecular flexibility index (Phi) is 4.81. The van der Waals surface area contributed by atoms with Crippen LogP contribution in [0.25, 0.3) is 16.9 Å². The molecule has 0 spiro atoms. The van der Waals surface area contributed by atoms with E-state index in [0.717, 1.165) is 46.9 Å². The van der Waals surface area contributed by atoms with E-state index in [1.807, 2.05) is 41.9 Å². The van der Waals surface area contributed by atoms with Crippen molar-refractivity contribution in [2.24, 2.45) is 0 Å². The van der Waals surface area contributed by atoms with Gasteiger partial charge in [-0.2, -0.15) is 5.10 Å². The second-order valence-electron chi connectivity index (χ2n) is 6.61. The summed E-state index contributed by atoms with van der Waals surface area (Å²) in [6.45, 7) is 2.91. The van der Waals surface area contributed by atoms with Crippen LogP contribution in [-0.4, -0.2) is 37.7 Å². The number of benzene rings is 2. The van der Waals surface area contributed by atoms with Crippen LogP contribution >= 0.6 is 11.6 Å². The third-order valence-electron chi connectivity index (χ3n) is 4.99. The van der Waals surface area contributed by atoms with Gasteiger partial charge in [0.15, 0.2) is 11.5 Å². The molecule has 2 heterocycles. The monoisotopic (exact) mass is 399 g/mol. The van der Waals surface area contributed by atoms with Gasteiger partial charge in [0, 0.05) is 22.7 Å². The van der Waals surface area contributed by atoms with Gasteiger partial charge in [-0.05, 0) is 43.2 Å². The van der Waals surface area contributed by atoms with Crippen molar-refractivity contribution in [1.29, 1.82) is 0 Å². The lowest BCUT2D eigenvalue weighted by molar-refractivity contribution is 0.324. The van der Waals surface area contributed by atoms with E-state index in [2.05, 4.69) is 5.32 Å². The number of anilines is 1. The van der Waals surface area contributed by atoms with E-state index in [1.165, 1.54) is 0 Å². The summed E-state index contributed by atoms with van der Waals surface area (Å²) in [5, 5.41) is 9.06. The summed E-state index contributed by atoms with van der Waals surface area (Å²) in [5.41, 5.74) is 5.01. The number of aryl methyl sites for hydroxylation is 1. The predicted molar refractivity (Wildman–Crippen MR) is 111 cm³/mol. The van der Waals surface area contributed by atoms with Crippen LogP contribution in [0.1, 0.15) is 11.1 Å². The molecule has 0 unspecified atom stereocenters.